The summed E-state index contributed by atoms with van der Waals surface area (Å²) in [6, 6.07) is 14.7. The summed E-state index contributed by atoms with van der Waals surface area (Å²) in [5.74, 6) is 1.12. The summed E-state index contributed by atoms with van der Waals surface area (Å²) in [5.41, 5.74) is 5.33. The van der Waals surface area contributed by atoms with E-state index in [1.54, 1.807) is 18.3 Å². The minimum absolute atomic E-state index is 0.231. The molecule has 0 unspecified atom stereocenters. The number of H-pyrrole nitrogens is 1. The minimum atomic E-state index is -0.231. The average Bonchev–Trinajstić information content (AvgIpc) is 3.03. The fraction of sp³-hybridized carbons (Fsp3) is 0.143. The van der Waals surface area contributed by atoms with E-state index in [4.69, 9.17) is 0 Å². The molecule has 0 aliphatic heterocycles. The van der Waals surface area contributed by atoms with Crippen LogP contribution in [0.4, 0.5) is 16.2 Å². The molecule has 2 aromatic heterocycles. The first-order chi connectivity index (χ1) is 13.1. The number of nitrogens with zero attached hydrogens (tertiary/aromatic N) is 2. The highest BCUT2D eigenvalue weighted by Crippen LogP contribution is 2.30. The van der Waals surface area contributed by atoms with Gasteiger partial charge in [-0.1, -0.05) is 6.07 Å². The maximum Gasteiger partial charge on any atom is 0.224 e. The number of hydrogen-bond donors (Lipinski definition) is 3. The Morgan fingerprint density at radius 1 is 1.07 bits per heavy atom. The molecule has 4 aromatic rings. The van der Waals surface area contributed by atoms with Gasteiger partial charge < -0.3 is 15.6 Å². The highest BCUT2D eigenvalue weighted by atomic mass is 19.1. The van der Waals surface area contributed by atoms with Crippen LogP contribution >= 0.6 is 0 Å². The second kappa shape index (κ2) is 7.07. The lowest BCUT2D eigenvalue weighted by Crippen LogP contribution is -2.04. The van der Waals surface area contributed by atoms with Crippen LogP contribution in [-0.2, 0) is 6.54 Å². The summed E-state index contributed by atoms with van der Waals surface area (Å²) < 4.78 is 13.2. The van der Waals surface area contributed by atoms with Crippen LogP contribution < -0.4 is 10.6 Å². The number of fused-ring (bicyclic) bond motifs is 1. The standard InChI is InChI=1S/C21H20FN5/c1-13-17-11-14(12-25-21-24-10-9-19(23-2)27-21)3-8-18(17)26-20(13)15-4-6-16(22)7-5-15/h3-11,26H,12H2,1-2H3,(H2,23,24,25,27). The van der Waals surface area contributed by atoms with Gasteiger partial charge >= 0.3 is 0 Å². The number of rotatable bonds is 5. The van der Waals surface area contributed by atoms with Crippen molar-refractivity contribution in [3.8, 4) is 11.3 Å². The topological polar surface area (TPSA) is 65.6 Å². The number of halogens is 1. The van der Waals surface area contributed by atoms with Gasteiger partial charge in [-0.3, -0.25) is 0 Å². The third-order valence-corrected chi connectivity index (χ3v) is 4.62. The van der Waals surface area contributed by atoms with Gasteiger partial charge in [0.15, 0.2) is 0 Å². The molecule has 0 spiro atoms. The Kier molecular flexibility index (Phi) is 4.46. The molecule has 0 fully saturated rings. The molecule has 136 valence electrons. The Morgan fingerprint density at radius 2 is 1.89 bits per heavy atom. The Morgan fingerprint density at radius 3 is 2.67 bits per heavy atom. The molecule has 5 nitrogen and oxygen atoms in total. The summed E-state index contributed by atoms with van der Waals surface area (Å²) >= 11 is 0. The fourth-order valence-corrected chi connectivity index (χ4v) is 3.15. The summed E-state index contributed by atoms with van der Waals surface area (Å²) in [6.07, 6.45) is 1.72. The van der Waals surface area contributed by atoms with Crippen LogP contribution in [0.2, 0.25) is 0 Å². The van der Waals surface area contributed by atoms with Crippen LogP contribution in [0.15, 0.2) is 54.7 Å². The van der Waals surface area contributed by atoms with E-state index in [0.29, 0.717) is 12.5 Å². The zero-order valence-electron chi connectivity index (χ0n) is 15.2. The fourth-order valence-electron chi connectivity index (χ4n) is 3.15. The van der Waals surface area contributed by atoms with E-state index < -0.39 is 0 Å². The van der Waals surface area contributed by atoms with Gasteiger partial charge in [0.2, 0.25) is 5.95 Å². The molecule has 0 radical (unpaired) electrons. The first-order valence-corrected chi connectivity index (χ1v) is 8.76. The Balaban J connectivity index is 1.60. The molecule has 0 bridgehead atoms. The molecule has 0 saturated carbocycles. The quantitative estimate of drug-likeness (QED) is 0.481. The number of aromatic nitrogens is 3. The van der Waals surface area contributed by atoms with E-state index in [-0.39, 0.29) is 5.82 Å². The van der Waals surface area contributed by atoms with Gasteiger partial charge in [0, 0.05) is 36.4 Å². The summed E-state index contributed by atoms with van der Waals surface area (Å²) in [4.78, 5) is 12.0. The van der Waals surface area contributed by atoms with E-state index in [9.17, 15) is 4.39 Å². The molecule has 27 heavy (non-hydrogen) atoms. The average molecular weight is 361 g/mol. The SMILES string of the molecule is CNc1ccnc(NCc2ccc3[nH]c(-c4ccc(F)cc4)c(C)c3c2)n1. The van der Waals surface area contributed by atoms with Crippen LogP contribution in [-0.4, -0.2) is 22.0 Å². The number of benzene rings is 2. The smallest absolute Gasteiger partial charge is 0.224 e. The van der Waals surface area contributed by atoms with E-state index in [2.05, 4.69) is 50.7 Å². The predicted octanol–water partition coefficient (Wildman–Crippen LogP) is 4.73. The van der Waals surface area contributed by atoms with Crippen molar-refractivity contribution in [1.29, 1.82) is 0 Å². The highest BCUT2D eigenvalue weighted by Gasteiger charge is 2.10. The molecule has 4 rings (SSSR count). The normalized spacial score (nSPS) is 10.9. The van der Waals surface area contributed by atoms with Crippen molar-refractivity contribution in [3.63, 3.8) is 0 Å². The van der Waals surface area contributed by atoms with Gasteiger partial charge in [0.25, 0.3) is 0 Å². The first kappa shape index (κ1) is 17.0. The third kappa shape index (κ3) is 3.46. The van der Waals surface area contributed by atoms with Gasteiger partial charge in [0.1, 0.15) is 11.6 Å². The maximum absolute atomic E-state index is 13.2. The Hall–Kier alpha value is -3.41. The largest absolute Gasteiger partial charge is 0.373 e. The lowest BCUT2D eigenvalue weighted by atomic mass is 10.1. The molecule has 2 heterocycles. The van der Waals surface area contributed by atoms with Crippen LogP contribution in [0, 0.1) is 12.7 Å². The third-order valence-electron chi connectivity index (χ3n) is 4.62. The van der Waals surface area contributed by atoms with Gasteiger partial charge in [-0.05, 0) is 66.1 Å². The van der Waals surface area contributed by atoms with Crippen LogP contribution in [0.3, 0.4) is 0 Å². The van der Waals surface area contributed by atoms with Crippen molar-refractivity contribution in [2.75, 3.05) is 17.7 Å². The molecule has 0 amide bonds. The van der Waals surface area contributed by atoms with E-state index in [1.807, 2.05) is 13.1 Å². The molecule has 0 aliphatic carbocycles. The van der Waals surface area contributed by atoms with Crippen molar-refractivity contribution < 1.29 is 4.39 Å². The van der Waals surface area contributed by atoms with E-state index in [0.717, 1.165) is 39.1 Å². The predicted molar refractivity (Wildman–Crippen MR) is 107 cm³/mol. The zero-order valence-corrected chi connectivity index (χ0v) is 15.2. The second-order valence-electron chi connectivity index (χ2n) is 6.38. The summed E-state index contributed by atoms with van der Waals surface area (Å²) in [6.45, 7) is 2.70. The summed E-state index contributed by atoms with van der Waals surface area (Å²) in [5, 5.41) is 7.40. The Labute approximate surface area is 156 Å². The molecular weight excluding hydrogens is 341 g/mol. The number of anilines is 2. The molecule has 0 atom stereocenters. The molecule has 2 aromatic carbocycles. The van der Waals surface area contributed by atoms with E-state index >= 15 is 0 Å². The van der Waals surface area contributed by atoms with Crippen molar-refractivity contribution in [1.82, 2.24) is 15.0 Å². The van der Waals surface area contributed by atoms with Crippen molar-refractivity contribution in [2.45, 2.75) is 13.5 Å². The lowest BCUT2D eigenvalue weighted by Gasteiger charge is -2.06. The number of aryl methyl sites for hydroxylation is 1. The maximum atomic E-state index is 13.2. The molecule has 3 N–H and O–H groups in total. The number of hydrogen-bond acceptors (Lipinski definition) is 4. The summed E-state index contributed by atoms with van der Waals surface area (Å²) in [7, 11) is 1.83. The van der Waals surface area contributed by atoms with Gasteiger partial charge in [-0.25, -0.2) is 9.37 Å². The number of nitrogens with one attached hydrogen (secondary N) is 3. The second-order valence-corrected chi connectivity index (χ2v) is 6.38. The van der Waals surface area contributed by atoms with Crippen LogP contribution in [0.25, 0.3) is 22.2 Å². The zero-order chi connectivity index (χ0) is 18.8. The Bertz CT molecular complexity index is 1090. The van der Waals surface area contributed by atoms with Crippen LogP contribution in [0.5, 0.6) is 0 Å². The van der Waals surface area contributed by atoms with Crippen LogP contribution in [0.1, 0.15) is 11.1 Å². The monoisotopic (exact) mass is 361 g/mol. The highest BCUT2D eigenvalue weighted by molar-refractivity contribution is 5.91. The van der Waals surface area contributed by atoms with Gasteiger partial charge in [0.05, 0.1) is 0 Å². The number of aromatic amines is 1. The lowest BCUT2D eigenvalue weighted by molar-refractivity contribution is 0.628. The van der Waals surface area contributed by atoms with Crippen molar-refractivity contribution in [2.24, 2.45) is 0 Å². The van der Waals surface area contributed by atoms with Gasteiger partial charge in [-0.15, -0.1) is 0 Å². The first-order valence-electron chi connectivity index (χ1n) is 8.76. The molecule has 0 aliphatic rings. The molecular formula is C21H20FN5. The van der Waals surface area contributed by atoms with Gasteiger partial charge in [-0.2, -0.15) is 4.98 Å². The van der Waals surface area contributed by atoms with E-state index in [1.165, 1.54) is 12.1 Å². The van der Waals surface area contributed by atoms with Crippen molar-refractivity contribution in [3.05, 3.63) is 71.7 Å². The van der Waals surface area contributed by atoms with Crippen molar-refractivity contribution >= 4 is 22.7 Å². The molecule has 0 saturated heterocycles. The molecule has 6 heteroatoms. The minimum Gasteiger partial charge on any atom is -0.373 e.